The number of hydrogen-bond acceptors (Lipinski definition) is 6. The number of rotatable bonds is 4. The molecule has 152 valence electrons. The highest BCUT2D eigenvalue weighted by atomic mass is 79.9. The molecule has 0 saturated carbocycles. The van der Waals surface area contributed by atoms with Crippen LogP contribution in [-0.2, 0) is 6.42 Å². The normalized spacial score (nSPS) is 19.7. The van der Waals surface area contributed by atoms with Gasteiger partial charge in [0, 0.05) is 40.6 Å². The van der Waals surface area contributed by atoms with Crippen LogP contribution in [0.15, 0.2) is 68.6 Å². The van der Waals surface area contributed by atoms with Crippen LogP contribution in [-0.4, -0.2) is 15.6 Å². The van der Waals surface area contributed by atoms with Crippen LogP contribution >= 0.6 is 15.9 Å². The van der Waals surface area contributed by atoms with Gasteiger partial charge in [-0.25, -0.2) is 5.01 Å². The van der Waals surface area contributed by atoms with Gasteiger partial charge in [0.15, 0.2) is 0 Å². The summed E-state index contributed by atoms with van der Waals surface area (Å²) in [4.78, 5) is 10.9. The Morgan fingerprint density at radius 2 is 2.10 bits per heavy atom. The maximum absolute atomic E-state index is 11.3. The highest BCUT2D eigenvalue weighted by Crippen LogP contribution is 2.48. The van der Waals surface area contributed by atoms with Crippen LogP contribution in [0.25, 0.3) is 0 Å². The van der Waals surface area contributed by atoms with Crippen molar-refractivity contribution in [2.45, 2.75) is 32.0 Å². The molecule has 5 rings (SSSR count). The summed E-state index contributed by atoms with van der Waals surface area (Å²) in [7, 11) is 0. The predicted molar refractivity (Wildman–Crippen MR) is 114 cm³/mol. The van der Waals surface area contributed by atoms with Gasteiger partial charge in [-0.2, -0.15) is 5.10 Å². The summed E-state index contributed by atoms with van der Waals surface area (Å²) < 4.78 is 13.2. The second-order valence-corrected chi connectivity index (χ2v) is 8.19. The highest BCUT2D eigenvalue weighted by molar-refractivity contribution is 9.10. The third-order valence-electron chi connectivity index (χ3n) is 5.41. The van der Waals surface area contributed by atoms with E-state index in [0.717, 1.165) is 39.4 Å². The predicted octanol–water partition coefficient (Wildman–Crippen LogP) is 5.76. The van der Waals surface area contributed by atoms with Crippen molar-refractivity contribution in [3.63, 3.8) is 0 Å². The fourth-order valence-electron chi connectivity index (χ4n) is 3.94. The maximum Gasteiger partial charge on any atom is 0.269 e. The van der Waals surface area contributed by atoms with E-state index in [-0.39, 0.29) is 11.7 Å². The summed E-state index contributed by atoms with van der Waals surface area (Å²) in [6, 6.07) is 16.3. The summed E-state index contributed by atoms with van der Waals surface area (Å²) in [5.41, 5.74) is 2.57. The molecule has 0 spiro atoms. The second kappa shape index (κ2) is 7.28. The maximum atomic E-state index is 11.3. The summed E-state index contributed by atoms with van der Waals surface area (Å²) in [6.07, 6.45) is 0.909. The van der Waals surface area contributed by atoms with E-state index in [1.807, 2.05) is 48.3 Å². The van der Waals surface area contributed by atoms with Crippen molar-refractivity contribution in [1.29, 1.82) is 0 Å². The van der Waals surface area contributed by atoms with Gasteiger partial charge in [0.25, 0.3) is 5.69 Å². The Morgan fingerprint density at radius 3 is 2.87 bits per heavy atom. The zero-order chi connectivity index (χ0) is 20.8. The number of furan rings is 1. The third kappa shape index (κ3) is 3.17. The van der Waals surface area contributed by atoms with E-state index in [9.17, 15) is 10.1 Å². The molecule has 7 nitrogen and oxygen atoms in total. The first-order valence-electron chi connectivity index (χ1n) is 9.69. The van der Waals surface area contributed by atoms with Gasteiger partial charge >= 0.3 is 0 Å². The molecule has 2 aliphatic rings. The molecule has 8 heteroatoms. The largest absolute Gasteiger partial charge is 0.464 e. The number of fused-ring (bicyclic) bond motifs is 3. The minimum Gasteiger partial charge on any atom is -0.464 e. The SMILES string of the molecule is CCc1ccc(C2=NN3[C@@H](c4cccc([N+](=O)[O-])c4)Oc4ccc(Br)cc4[C@@H]3C2)o1. The monoisotopic (exact) mass is 467 g/mol. The number of nitrogens with zero attached hydrogens (tertiary/aromatic N) is 3. The summed E-state index contributed by atoms with van der Waals surface area (Å²) in [6.45, 7) is 2.04. The van der Waals surface area contributed by atoms with Crippen molar-refractivity contribution in [2.24, 2.45) is 5.10 Å². The van der Waals surface area contributed by atoms with E-state index < -0.39 is 11.2 Å². The van der Waals surface area contributed by atoms with Crippen LogP contribution < -0.4 is 4.74 Å². The summed E-state index contributed by atoms with van der Waals surface area (Å²) in [5, 5.41) is 18.0. The lowest BCUT2D eigenvalue weighted by Crippen LogP contribution is -2.33. The molecule has 2 aromatic carbocycles. The molecule has 2 atom stereocenters. The van der Waals surface area contributed by atoms with E-state index in [1.165, 1.54) is 6.07 Å². The van der Waals surface area contributed by atoms with Crippen LogP contribution in [0.3, 0.4) is 0 Å². The molecule has 0 aliphatic carbocycles. The molecule has 0 bridgehead atoms. The molecular weight excluding hydrogens is 450 g/mol. The average molecular weight is 468 g/mol. The van der Waals surface area contributed by atoms with Crippen molar-refractivity contribution in [1.82, 2.24) is 5.01 Å². The number of nitro groups is 1. The Labute approximate surface area is 181 Å². The van der Waals surface area contributed by atoms with Gasteiger partial charge in [0.2, 0.25) is 6.23 Å². The molecule has 30 heavy (non-hydrogen) atoms. The average Bonchev–Trinajstić information content (AvgIpc) is 3.40. The van der Waals surface area contributed by atoms with Crippen LogP contribution in [0.2, 0.25) is 0 Å². The number of benzene rings is 2. The van der Waals surface area contributed by atoms with Crippen molar-refractivity contribution in [2.75, 3.05) is 0 Å². The van der Waals surface area contributed by atoms with Crippen molar-refractivity contribution in [3.8, 4) is 5.75 Å². The molecule has 0 unspecified atom stereocenters. The quantitative estimate of drug-likeness (QED) is 0.360. The van der Waals surface area contributed by atoms with Crippen molar-refractivity contribution < 1.29 is 14.1 Å². The van der Waals surface area contributed by atoms with E-state index in [1.54, 1.807) is 12.1 Å². The fourth-order valence-corrected chi connectivity index (χ4v) is 4.32. The van der Waals surface area contributed by atoms with Gasteiger partial charge in [-0.15, -0.1) is 0 Å². The molecule has 1 aromatic heterocycles. The highest BCUT2D eigenvalue weighted by Gasteiger charge is 2.42. The number of ether oxygens (including phenoxy) is 1. The summed E-state index contributed by atoms with van der Waals surface area (Å²) >= 11 is 3.54. The number of halogens is 1. The van der Waals surface area contributed by atoms with Crippen LogP contribution in [0.4, 0.5) is 5.69 Å². The first kappa shape index (κ1) is 18.9. The van der Waals surface area contributed by atoms with Gasteiger partial charge in [-0.1, -0.05) is 35.0 Å². The van der Waals surface area contributed by atoms with E-state index in [0.29, 0.717) is 12.0 Å². The van der Waals surface area contributed by atoms with E-state index in [4.69, 9.17) is 14.3 Å². The molecule has 3 heterocycles. The lowest BCUT2D eigenvalue weighted by Gasteiger charge is -2.38. The first-order valence-corrected chi connectivity index (χ1v) is 10.5. The smallest absolute Gasteiger partial charge is 0.269 e. The standard InChI is InChI=1S/C22H18BrN3O4/c1-2-16-7-9-21(29-16)18-12-19-17-11-14(23)6-8-20(17)30-22(25(19)24-18)13-4-3-5-15(10-13)26(27)28/h3-11,19,22H,2,12H2,1H3/t19-,22+/m0/s1. The van der Waals surface area contributed by atoms with Crippen LogP contribution in [0, 0.1) is 10.1 Å². The Kier molecular flexibility index (Phi) is 4.58. The van der Waals surface area contributed by atoms with Crippen LogP contribution in [0.5, 0.6) is 5.75 Å². The van der Waals surface area contributed by atoms with Crippen LogP contribution in [0.1, 0.15) is 48.3 Å². The number of non-ortho nitro benzene ring substituents is 1. The Morgan fingerprint density at radius 1 is 1.23 bits per heavy atom. The zero-order valence-corrected chi connectivity index (χ0v) is 17.7. The van der Waals surface area contributed by atoms with Crippen molar-refractivity contribution >= 4 is 27.3 Å². The number of hydrogen-bond donors (Lipinski definition) is 0. The van der Waals surface area contributed by atoms with Gasteiger partial charge in [0.1, 0.15) is 23.0 Å². The molecule has 3 aromatic rings. The Hall–Kier alpha value is -3.13. The Balaban J connectivity index is 1.59. The first-order chi connectivity index (χ1) is 14.5. The minimum atomic E-state index is -0.568. The van der Waals surface area contributed by atoms with Gasteiger partial charge in [-0.05, 0) is 30.3 Å². The molecule has 0 N–H and O–H groups in total. The fraction of sp³-hybridized carbons (Fsp3) is 0.227. The van der Waals surface area contributed by atoms with Crippen molar-refractivity contribution in [3.05, 3.63) is 91.8 Å². The third-order valence-corrected chi connectivity index (χ3v) is 5.91. The van der Waals surface area contributed by atoms with Gasteiger partial charge < -0.3 is 9.15 Å². The minimum absolute atomic E-state index is 0.0243. The van der Waals surface area contributed by atoms with E-state index in [2.05, 4.69) is 15.9 Å². The molecule has 0 radical (unpaired) electrons. The molecular formula is C22H18BrN3O4. The lowest BCUT2D eigenvalue weighted by molar-refractivity contribution is -0.385. The molecule has 0 fully saturated rings. The topological polar surface area (TPSA) is 81.1 Å². The number of aryl methyl sites for hydroxylation is 1. The Bertz CT molecular complexity index is 1170. The lowest BCUT2D eigenvalue weighted by atomic mass is 9.97. The molecule has 0 amide bonds. The summed E-state index contributed by atoms with van der Waals surface area (Å²) in [5.74, 6) is 2.41. The zero-order valence-electron chi connectivity index (χ0n) is 16.1. The molecule has 0 saturated heterocycles. The van der Waals surface area contributed by atoms with Gasteiger partial charge in [-0.3, -0.25) is 10.1 Å². The molecule has 2 aliphatic heterocycles. The van der Waals surface area contributed by atoms with Gasteiger partial charge in [0.05, 0.1) is 11.0 Å². The number of nitro benzene ring substituents is 1. The van der Waals surface area contributed by atoms with E-state index >= 15 is 0 Å². The number of hydrazone groups is 1. The second-order valence-electron chi connectivity index (χ2n) is 7.27.